The number of hydrogen-bond acceptors (Lipinski definition) is 4. The predicted molar refractivity (Wildman–Crippen MR) is 76.7 cm³/mol. The summed E-state index contributed by atoms with van der Waals surface area (Å²) >= 11 is 0. The Bertz CT molecular complexity index is 510. The summed E-state index contributed by atoms with van der Waals surface area (Å²) in [5.41, 5.74) is 7.84. The van der Waals surface area contributed by atoms with Crippen LogP contribution in [-0.2, 0) is 9.31 Å². The summed E-state index contributed by atoms with van der Waals surface area (Å²) in [6.45, 7) is 9.79. The van der Waals surface area contributed by atoms with Crippen LogP contribution in [0, 0.1) is 6.92 Å². The zero-order valence-corrected chi connectivity index (χ0v) is 12.1. The number of anilines is 1. The van der Waals surface area contributed by atoms with E-state index < -0.39 is 18.3 Å². The molecule has 2 N–H and O–H groups in total. The van der Waals surface area contributed by atoms with E-state index in [-0.39, 0.29) is 0 Å². The third-order valence-corrected chi connectivity index (χ3v) is 4.16. The summed E-state index contributed by atoms with van der Waals surface area (Å²) in [6.07, 6.45) is 0.806. The summed E-state index contributed by atoms with van der Waals surface area (Å²) in [5, 5.41) is 0. The monoisotopic (exact) mass is 261 g/mol. The van der Waals surface area contributed by atoms with E-state index in [4.69, 9.17) is 15.0 Å². The minimum atomic E-state index is -0.494. The van der Waals surface area contributed by atoms with Gasteiger partial charge in [0, 0.05) is 11.3 Å². The minimum absolute atomic E-state index is 0.404. The van der Waals surface area contributed by atoms with Crippen LogP contribution in [0.5, 0.6) is 0 Å². The number of nitrogen functional groups attached to an aromatic ring is 1. The molecule has 1 fully saturated rings. The molecule has 1 heterocycles. The number of carbonyl (C=O) groups excluding carboxylic acids is 1. The molecule has 0 unspecified atom stereocenters. The molecule has 1 aromatic rings. The van der Waals surface area contributed by atoms with E-state index in [0.717, 1.165) is 17.3 Å². The van der Waals surface area contributed by atoms with Crippen molar-refractivity contribution in [3.05, 3.63) is 23.3 Å². The predicted octanol–water partition coefficient (Wildman–Crippen LogP) is 1.69. The van der Waals surface area contributed by atoms with Crippen LogP contribution < -0.4 is 11.2 Å². The zero-order valence-electron chi connectivity index (χ0n) is 12.1. The number of nitrogens with two attached hydrogens (primary N) is 1. The fraction of sp³-hybridized carbons (Fsp3) is 0.500. The maximum absolute atomic E-state index is 11.1. The molecule has 0 amide bonds. The van der Waals surface area contributed by atoms with Gasteiger partial charge in [0.2, 0.25) is 0 Å². The molecule has 2 rings (SSSR count). The van der Waals surface area contributed by atoms with Crippen molar-refractivity contribution in [2.24, 2.45) is 0 Å². The van der Waals surface area contributed by atoms with Gasteiger partial charge in [0.05, 0.1) is 11.2 Å². The van der Waals surface area contributed by atoms with E-state index in [0.29, 0.717) is 11.3 Å². The fourth-order valence-corrected chi connectivity index (χ4v) is 2.02. The quantitative estimate of drug-likeness (QED) is 0.500. The summed E-state index contributed by atoms with van der Waals surface area (Å²) in [7, 11) is -0.494. The van der Waals surface area contributed by atoms with Crippen molar-refractivity contribution in [1.82, 2.24) is 0 Å². The molecule has 5 heteroatoms. The molecule has 4 nitrogen and oxygen atoms in total. The standard InChI is InChI=1S/C14H20BNO3/c1-9-10(8-17)6-11(7-12(9)16)15-18-13(2,3)14(4,5)19-15/h6-8H,16H2,1-5H3. The highest BCUT2D eigenvalue weighted by Crippen LogP contribution is 2.36. The lowest BCUT2D eigenvalue weighted by Gasteiger charge is -2.32. The maximum Gasteiger partial charge on any atom is 0.494 e. The lowest BCUT2D eigenvalue weighted by atomic mass is 9.77. The Labute approximate surface area is 114 Å². The highest BCUT2D eigenvalue weighted by atomic mass is 16.7. The largest absolute Gasteiger partial charge is 0.494 e. The van der Waals surface area contributed by atoms with E-state index in [9.17, 15) is 4.79 Å². The minimum Gasteiger partial charge on any atom is -0.399 e. The number of aldehydes is 1. The Morgan fingerprint density at radius 2 is 1.68 bits per heavy atom. The molecular weight excluding hydrogens is 241 g/mol. The summed E-state index contributed by atoms with van der Waals surface area (Å²) in [4.78, 5) is 11.1. The van der Waals surface area contributed by atoms with Gasteiger partial charge in [-0.2, -0.15) is 0 Å². The molecule has 0 aliphatic carbocycles. The number of rotatable bonds is 2. The average Bonchev–Trinajstić information content (AvgIpc) is 2.52. The van der Waals surface area contributed by atoms with Crippen molar-refractivity contribution in [1.29, 1.82) is 0 Å². The van der Waals surface area contributed by atoms with E-state index in [1.165, 1.54) is 0 Å². The van der Waals surface area contributed by atoms with Gasteiger partial charge in [0.15, 0.2) is 0 Å². The van der Waals surface area contributed by atoms with Crippen LogP contribution in [0.15, 0.2) is 12.1 Å². The summed E-state index contributed by atoms with van der Waals surface area (Å²) < 4.78 is 11.9. The van der Waals surface area contributed by atoms with Crippen molar-refractivity contribution >= 4 is 24.6 Å². The normalized spacial score (nSPS) is 20.6. The lowest BCUT2D eigenvalue weighted by Crippen LogP contribution is -2.41. The molecule has 1 aliphatic heterocycles. The first-order chi connectivity index (χ1) is 8.68. The molecule has 0 spiro atoms. The van der Waals surface area contributed by atoms with Crippen molar-refractivity contribution in [2.45, 2.75) is 45.8 Å². The van der Waals surface area contributed by atoms with Crippen molar-refractivity contribution in [3.63, 3.8) is 0 Å². The third-order valence-electron chi connectivity index (χ3n) is 4.16. The smallest absolute Gasteiger partial charge is 0.399 e. The molecule has 0 atom stereocenters. The van der Waals surface area contributed by atoms with Crippen molar-refractivity contribution < 1.29 is 14.1 Å². The maximum atomic E-state index is 11.1. The van der Waals surface area contributed by atoms with Gasteiger partial charge in [-0.25, -0.2) is 0 Å². The molecule has 0 saturated carbocycles. The van der Waals surface area contributed by atoms with Crippen LogP contribution >= 0.6 is 0 Å². The Morgan fingerprint density at radius 1 is 1.16 bits per heavy atom. The van der Waals surface area contributed by atoms with Gasteiger partial charge in [0.25, 0.3) is 0 Å². The van der Waals surface area contributed by atoms with E-state index in [1.807, 2.05) is 40.7 Å². The summed E-state index contributed by atoms with van der Waals surface area (Å²) in [5.74, 6) is 0. The van der Waals surface area contributed by atoms with Crippen LogP contribution in [0.1, 0.15) is 43.6 Å². The molecule has 0 radical (unpaired) electrons. The SMILES string of the molecule is Cc1c(N)cc(B2OC(C)(C)C(C)(C)O2)cc1C=O. The van der Waals surface area contributed by atoms with Gasteiger partial charge in [-0.3, -0.25) is 4.79 Å². The van der Waals surface area contributed by atoms with Crippen LogP contribution in [0.3, 0.4) is 0 Å². The van der Waals surface area contributed by atoms with Gasteiger partial charge >= 0.3 is 7.12 Å². The lowest BCUT2D eigenvalue weighted by molar-refractivity contribution is 0.00578. The fourth-order valence-electron chi connectivity index (χ4n) is 2.02. The highest BCUT2D eigenvalue weighted by molar-refractivity contribution is 6.62. The number of hydrogen-bond donors (Lipinski definition) is 1. The van der Waals surface area contributed by atoms with Crippen LogP contribution in [0.2, 0.25) is 0 Å². The second-order valence-electron chi connectivity index (χ2n) is 6.03. The van der Waals surface area contributed by atoms with Crippen LogP contribution in [-0.4, -0.2) is 24.6 Å². The Balaban J connectivity index is 2.40. The van der Waals surface area contributed by atoms with Crippen LogP contribution in [0.25, 0.3) is 0 Å². The molecule has 1 aromatic carbocycles. The second kappa shape index (κ2) is 4.35. The number of benzene rings is 1. The molecule has 0 bridgehead atoms. The highest BCUT2D eigenvalue weighted by Gasteiger charge is 2.51. The van der Waals surface area contributed by atoms with Crippen LogP contribution in [0.4, 0.5) is 5.69 Å². The second-order valence-corrected chi connectivity index (χ2v) is 6.03. The van der Waals surface area contributed by atoms with Crippen molar-refractivity contribution in [3.8, 4) is 0 Å². The van der Waals surface area contributed by atoms with E-state index in [1.54, 1.807) is 6.07 Å². The molecular formula is C14H20BNO3. The van der Waals surface area contributed by atoms with E-state index >= 15 is 0 Å². The Morgan fingerprint density at radius 3 is 2.16 bits per heavy atom. The first-order valence-corrected chi connectivity index (χ1v) is 6.39. The zero-order chi connectivity index (χ0) is 14.4. The first kappa shape index (κ1) is 14.1. The molecule has 102 valence electrons. The van der Waals surface area contributed by atoms with Crippen molar-refractivity contribution in [2.75, 3.05) is 5.73 Å². The Kier molecular flexibility index (Phi) is 3.23. The van der Waals surface area contributed by atoms with E-state index in [2.05, 4.69) is 0 Å². The van der Waals surface area contributed by atoms with Gasteiger partial charge in [-0.15, -0.1) is 0 Å². The average molecular weight is 261 g/mol. The van der Waals surface area contributed by atoms with Gasteiger partial charge < -0.3 is 15.0 Å². The molecule has 19 heavy (non-hydrogen) atoms. The molecule has 1 aliphatic rings. The third kappa shape index (κ3) is 2.28. The summed E-state index contributed by atoms with van der Waals surface area (Å²) in [6, 6.07) is 3.59. The number of carbonyl (C=O) groups is 1. The molecule has 0 aromatic heterocycles. The van der Waals surface area contributed by atoms with Gasteiger partial charge in [-0.1, -0.05) is 6.07 Å². The molecule has 1 saturated heterocycles. The van der Waals surface area contributed by atoms with Gasteiger partial charge in [-0.05, 0) is 51.7 Å². The topological polar surface area (TPSA) is 61.6 Å². The first-order valence-electron chi connectivity index (χ1n) is 6.39. The Hall–Kier alpha value is -1.33. The van der Waals surface area contributed by atoms with Gasteiger partial charge in [0.1, 0.15) is 6.29 Å².